The third-order valence-corrected chi connectivity index (χ3v) is 8.54. The third kappa shape index (κ3) is 3.37. The van der Waals surface area contributed by atoms with Crippen molar-refractivity contribution in [1.29, 1.82) is 0 Å². The quantitative estimate of drug-likeness (QED) is 0.771. The molecule has 24 heavy (non-hydrogen) atoms. The second-order valence-electron chi connectivity index (χ2n) is 5.96. The van der Waals surface area contributed by atoms with Crippen LogP contribution in [0.1, 0.15) is 24.1 Å². The molecule has 1 atom stereocenters. The van der Waals surface area contributed by atoms with E-state index in [4.69, 9.17) is 23.2 Å². The average molecular weight is 409 g/mol. The van der Waals surface area contributed by atoms with Gasteiger partial charge < -0.3 is 4.90 Å². The molecule has 0 bridgehead atoms. The Bertz CT molecular complexity index is 788. The Morgan fingerprint density at radius 3 is 2.62 bits per heavy atom. The molecule has 0 aliphatic carbocycles. The first-order chi connectivity index (χ1) is 11.3. The molecule has 0 aromatic carbocycles. The Morgan fingerprint density at radius 1 is 1.25 bits per heavy atom. The maximum Gasteiger partial charge on any atom is 0.253 e. The van der Waals surface area contributed by atoms with E-state index in [1.807, 2.05) is 6.92 Å². The number of rotatable bonds is 3. The van der Waals surface area contributed by atoms with Gasteiger partial charge in [0, 0.05) is 29.4 Å². The molecule has 1 fully saturated rings. The van der Waals surface area contributed by atoms with Gasteiger partial charge in [0.05, 0.1) is 11.6 Å². The zero-order valence-electron chi connectivity index (χ0n) is 13.2. The topological polar surface area (TPSA) is 57.7 Å². The van der Waals surface area contributed by atoms with Crippen LogP contribution in [-0.2, 0) is 14.8 Å². The summed E-state index contributed by atoms with van der Waals surface area (Å²) in [6.45, 7) is 2.95. The Balaban J connectivity index is 1.82. The molecule has 3 rings (SSSR count). The van der Waals surface area contributed by atoms with Gasteiger partial charge in [0.1, 0.15) is 10.3 Å². The van der Waals surface area contributed by atoms with Crippen LogP contribution in [0.3, 0.4) is 0 Å². The first-order valence-corrected chi connectivity index (χ1v) is 10.7. The molecular weight excluding hydrogens is 391 g/mol. The molecule has 1 aromatic rings. The van der Waals surface area contributed by atoms with E-state index in [0.717, 1.165) is 4.88 Å². The molecule has 1 aromatic heterocycles. The Labute approximate surface area is 155 Å². The van der Waals surface area contributed by atoms with Gasteiger partial charge in [-0.3, -0.25) is 4.79 Å². The lowest BCUT2D eigenvalue weighted by Gasteiger charge is -2.31. The first-order valence-electron chi connectivity index (χ1n) is 7.71. The summed E-state index contributed by atoms with van der Waals surface area (Å²) in [7, 11) is -3.64. The zero-order chi connectivity index (χ0) is 17.5. The average Bonchev–Trinajstić information content (AvgIpc) is 3.18. The minimum absolute atomic E-state index is 0.188. The maximum atomic E-state index is 12.9. The number of halogens is 2. The Hall–Kier alpha value is -0.600. The molecule has 2 aliphatic heterocycles. The number of thiophene rings is 1. The number of aryl methyl sites for hydroxylation is 1. The number of carbonyl (C=O) groups excluding carboxylic acids is 1. The molecule has 9 heteroatoms. The first kappa shape index (κ1) is 18.2. The van der Waals surface area contributed by atoms with Crippen molar-refractivity contribution >= 4 is 50.5 Å². The van der Waals surface area contributed by atoms with Gasteiger partial charge in [-0.15, -0.1) is 11.3 Å². The van der Waals surface area contributed by atoms with Gasteiger partial charge in [-0.2, -0.15) is 4.31 Å². The predicted molar refractivity (Wildman–Crippen MR) is 95.9 cm³/mol. The van der Waals surface area contributed by atoms with Crippen LogP contribution < -0.4 is 0 Å². The molecule has 1 unspecified atom stereocenters. The molecule has 0 radical (unpaired) electrons. The molecule has 0 spiro atoms. The molecule has 3 heterocycles. The monoisotopic (exact) mass is 408 g/mol. The molecule has 0 saturated carbocycles. The van der Waals surface area contributed by atoms with Crippen molar-refractivity contribution in [2.24, 2.45) is 0 Å². The van der Waals surface area contributed by atoms with E-state index in [1.165, 1.54) is 15.6 Å². The van der Waals surface area contributed by atoms with Crippen molar-refractivity contribution < 1.29 is 13.2 Å². The third-order valence-electron chi connectivity index (χ3n) is 4.30. The standard InChI is InChI=1S/C15H18Cl2N2O3S2/c1-10-4-5-14(23-10)24(21,22)19-7-2-3-13(19)15(20)18-8-6-11(16)12(17)9-18/h4-5,13H,2-3,6-9H2,1H3. The van der Waals surface area contributed by atoms with Gasteiger partial charge in [0.15, 0.2) is 0 Å². The minimum atomic E-state index is -3.64. The number of hydrogen-bond donors (Lipinski definition) is 0. The summed E-state index contributed by atoms with van der Waals surface area (Å²) >= 11 is 13.3. The van der Waals surface area contributed by atoms with Crippen LogP contribution >= 0.6 is 34.5 Å². The van der Waals surface area contributed by atoms with Gasteiger partial charge >= 0.3 is 0 Å². The lowest BCUT2D eigenvalue weighted by Crippen LogP contribution is -2.49. The lowest BCUT2D eigenvalue weighted by atomic mass is 10.1. The summed E-state index contributed by atoms with van der Waals surface area (Å²) in [4.78, 5) is 15.4. The highest BCUT2D eigenvalue weighted by molar-refractivity contribution is 7.91. The summed E-state index contributed by atoms with van der Waals surface area (Å²) in [5.41, 5.74) is 0. The summed E-state index contributed by atoms with van der Waals surface area (Å²) in [6, 6.07) is 2.73. The number of hydrogen-bond acceptors (Lipinski definition) is 4. The van der Waals surface area contributed by atoms with Crippen molar-refractivity contribution in [3.05, 3.63) is 27.1 Å². The van der Waals surface area contributed by atoms with E-state index in [9.17, 15) is 13.2 Å². The Kier molecular flexibility index (Phi) is 5.28. The minimum Gasteiger partial charge on any atom is -0.336 e. The smallest absolute Gasteiger partial charge is 0.253 e. The summed E-state index contributed by atoms with van der Waals surface area (Å²) in [5, 5.41) is 1.03. The van der Waals surface area contributed by atoms with Crippen molar-refractivity contribution in [3.63, 3.8) is 0 Å². The lowest BCUT2D eigenvalue weighted by molar-refractivity contribution is -0.134. The van der Waals surface area contributed by atoms with Crippen LogP contribution in [0.5, 0.6) is 0 Å². The molecule has 0 N–H and O–H groups in total. The fourth-order valence-electron chi connectivity index (χ4n) is 3.04. The molecular formula is C15H18Cl2N2O3S2. The second kappa shape index (κ2) is 6.96. The highest BCUT2D eigenvalue weighted by Crippen LogP contribution is 2.32. The van der Waals surface area contributed by atoms with Gasteiger partial charge in [-0.1, -0.05) is 23.2 Å². The largest absolute Gasteiger partial charge is 0.336 e. The number of nitrogens with zero attached hydrogens (tertiary/aromatic N) is 2. The van der Waals surface area contributed by atoms with E-state index in [2.05, 4.69) is 0 Å². The fourth-order valence-corrected chi connectivity index (χ4v) is 6.49. The van der Waals surface area contributed by atoms with Crippen LogP contribution in [0.25, 0.3) is 0 Å². The fraction of sp³-hybridized carbons (Fsp3) is 0.533. The van der Waals surface area contributed by atoms with Crippen molar-refractivity contribution in [2.45, 2.75) is 36.4 Å². The molecule has 1 amide bonds. The van der Waals surface area contributed by atoms with Gasteiger partial charge in [0.25, 0.3) is 10.0 Å². The maximum absolute atomic E-state index is 12.9. The van der Waals surface area contributed by atoms with Gasteiger partial charge in [0.2, 0.25) is 5.91 Å². The number of sulfonamides is 1. The Morgan fingerprint density at radius 2 is 2.00 bits per heavy atom. The van der Waals surface area contributed by atoms with Crippen molar-refractivity contribution in [3.8, 4) is 0 Å². The SMILES string of the molecule is Cc1ccc(S(=O)(=O)N2CCCC2C(=O)N2CCC(Cl)=C(Cl)C2)s1. The number of carbonyl (C=O) groups is 1. The molecule has 2 aliphatic rings. The van der Waals surface area contributed by atoms with Crippen LogP contribution in [0.15, 0.2) is 26.4 Å². The van der Waals surface area contributed by atoms with E-state index in [1.54, 1.807) is 17.0 Å². The number of amides is 1. The summed E-state index contributed by atoms with van der Waals surface area (Å²) in [6.07, 6.45) is 1.72. The van der Waals surface area contributed by atoms with E-state index in [-0.39, 0.29) is 12.5 Å². The van der Waals surface area contributed by atoms with Crippen LogP contribution in [0, 0.1) is 6.92 Å². The summed E-state index contributed by atoms with van der Waals surface area (Å²) in [5.74, 6) is -0.188. The van der Waals surface area contributed by atoms with Crippen LogP contribution in [0.4, 0.5) is 0 Å². The highest BCUT2D eigenvalue weighted by Gasteiger charge is 2.42. The van der Waals surface area contributed by atoms with E-state index in [0.29, 0.717) is 46.6 Å². The molecule has 132 valence electrons. The molecule has 5 nitrogen and oxygen atoms in total. The normalized spacial score (nSPS) is 23.1. The van der Waals surface area contributed by atoms with Gasteiger partial charge in [-0.25, -0.2) is 8.42 Å². The predicted octanol–water partition coefficient (Wildman–Crippen LogP) is 3.13. The van der Waals surface area contributed by atoms with E-state index < -0.39 is 16.1 Å². The highest BCUT2D eigenvalue weighted by atomic mass is 35.5. The summed E-state index contributed by atoms with van der Waals surface area (Å²) < 4.78 is 27.4. The van der Waals surface area contributed by atoms with E-state index >= 15 is 0 Å². The van der Waals surface area contributed by atoms with Crippen LogP contribution in [0.2, 0.25) is 0 Å². The van der Waals surface area contributed by atoms with Crippen molar-refractivity contribution in [2.75, 3.05) is 19.6 Å². The molecule has 1 saturated heterocycles. The zero-order valence-corrected chi connectivity index (χ0v) is 16.3. The van der Waals surface area contributed by atoms with Gasteiger partial charge in [-0.05, 0) is 31.9 Å². The van der Waals surface area contributed by atoms with Crippen LogP contribution in [-0.4, -0.2) is 49.2 Å². The second-order valence-corrected chi connectivity index (χ2v) is 10.3. The van der Waals surface area contributed by atoms with Crippen molar-refractivity contribution in [1.82, 2.24) is 9.21 Å².